The largest absolute Gasteiger partial charge is 0.301 e. The van der Waals surface area contributed by atoms with Crippen LogP contribution in [-0.4, -0.2) is 12.5 Å². The van der Waals surface area contributed by atoms with Crippen LogP contribution >= 0.6 is 23.2 Å². The highest BCUT2D eigenvalue weighted by molar-refractivity contribution is 6.40. The highest BCUT2D eigenvalue weighted by Crippen LogP contribution is 2.37. The van der Waals surface area contributed by atoms with Crippen molar-refractivity contribution >= 4 is 34.8 Å². The number of para-hydroxylation sites is 1. The quantitative estimate of drug-likeness (QED) is 0.534. The number of amides is 1. The van der Waals surface area contributed by atoms with Crippen molar-refractivity contribution in [2.75, 3.05) is 11.4 Å². The predicted molar refractivity (Wildman–Crippen MR) is 58.0 cm³/mol. The van der Waals surface area contributed by atoms with Gasteiger partial charge in [-0.15, -0.1) is 0 Å². The summed E-state index contributed by atoms with van der Waals surface area (Å²) in [5.41, 5.74) is 1.16. The minimum absolute atomic E-state index is 0.111. The molecule has 1 saturated heterocycles. The van der Waals surface area contributed by atoms with Crippen molar-refractivity contribution < 1.29 is 4.79 Å². The summed E-state index contributed by atoms with van der Waals surface area (Å²) in [6.07, 6.45) is 0. The Balaban J connectivity index is 2.42. The fourth-order valence-electron chi connectivity index (χ4n) is 1.36. The first kappa shape index (κ1) is 9.56. The number of benzene rings is 1. The molecule has 0 radical (unpaired) electrons. The van der Waals surface area contributed by atoms with Gasteiger partial charge in [-0.05, 0) is 12.1 Å². The topological polar surface area (TPSA) is 20.3 Å². The van der Waals surface area contributed by atoms with Gasteiger partial charge in [0, 0.05) is 5.57 Å². The summed E-state index contributed by atoms with van der Waals surface area (Å²) >= 11 is 11.9. The molecule has 1 aliphatic heterocycles. The molecule has 0 unspecified atom stereocenters. The first-order valence-electron chi connectivity index (χ1n) is 4.05. The van der Waals surface area contributed by atoms with E-state index in [2.05, 4.69) is 6.58 Å². The van der Waals surface area contributed by atoms with E-state index in [1.165, 1.54) is 4.90 Å². The molecular formula is C10H7Cl2NO. The monoisotopic (exact) mass is 227 g/mol. The van der Waals surface area contributed by atoms with Gasteiger partial charge in [-0.1, -0.05) is 35.8 Å². The van der Waals surface area contributed by atoms with E-state index in [0.717, 1.165) is 0 Å². The third kappa shape index (κ3) is 1.31. The summed E-state index contributed by atoms with van der Waals surface area (Å²) in [5, 5.41) is 0.969. The van der Waals surface area contributed by atoms with E-state index in [-0.39, 0.29) is 5.91 Å². The van der Waals surface area contributed by atoms with Crippen molar-refractivity contribution in [3.8, 4) is 0 Å². The molecule has 0 spiro atoms. The molecule has 1 fully saturated rings. The van der Waals surface area contributed by atoms with Gasteiger partial charge in [0.05, 0.1) is 22.3 Å². The lowest BCUT2D eigenvalue weighted by molar-refractivity contribution is -0.117. The summed E-state index contributed by atoms with van der Waals surface area (Å²) in [4.78, 5) is 12.9. The minimum atomic E-state index is -0.111. The van der Waals surface area contributed by atoms with Crippen molar-refractivity contribution in [3.05, 3.63) is 40.4 Å². The van der Waals surface area contributed by atoms with Crippen LogP contribution in [-0.2, 0) is 4.79 Å². The van der Waals surface area contributed by atoms with E-state index in [1.807, 2.05) is 0 Å². The van der Waals surface area contributed by atoms with Crippen molar-refractivity contribution in [1.82, 2.24) is 0 Å². The fourth-order valence-corrected chi connectivity index (χ4v) is 1.96. The van der Waals surface area contributed by atoms with Crippen LogP contribution in [0.2, 0.25) is 10.0 Å². The Morgan fingerprint density at radius 1 is 1.29 bits per heavy atom. The Morgan fingerprint density at radius 3 is 2.29 bits per heavy atom. The van der Waals surface area contributed by atoms with Gasteiger partial charge in [-0.25, -0.2) is 0 Å². The van der Waals surface area contributed by atoms with Crippen LogP contribution in [0.1, 0.15) is 0 Å². The molecule has 2 nitrogen and oxygen atoms in total. The molecule has 1 aromatic rings. The standard InChI is InChI=1S/C10H7Cl2NO/c1-6-5-13(10(6)14)9-7(11)3-2-4-8(9)12/h2-4H,1,5H2. The lowest BCUT2D eigenvalue weighted by Crippen LogP contribution is -2.46. The second-order valence-corrected chi connectivity index (χ2v) is 3.88. The van der Waals surface area contributed by atoms with Gasteiger partial charge >= 0.3 is 0 Å². The normalized spacial score (nSPS) is 15.7. The van der Waals surface area contributed by atoms with Crippen LogP contribution in [0, 0.1) is 0 Å². The highest BCUT2D eigenvalue weighted by atomic mass is 35.5. The summed E-state index contributed by atoms with van der Waals surface area (Å²) in [6, 6.07) is 5.15. The first-order valence-corrected chi connectivity index (χ1v) is 4.80. The van der Waals surface area contributed by atoms with Gasteiger partial charge in [-0.3, -0.25) is 4.79 Å². The Bertz CT molecular complexity index is 408. The molecule has 1 aromatic carbocycles. The Labute approximate surface area is 91.7 Å². The number of carbonyl (C=O) groups excluding carboxylic acids is 1. The molecule has 0 aliphatic carbocycles. The zero-order chi connectivity index (χ0) is 10.3. The SMILES string of the molecule is C=C1CN(c2c(Cl)cccc2Cl)C1=O. The van der Waals surface area contributed by atoms with Crippen LogP contribution in [0.4, 0.5) is 5.69 Å². The van der Waals surface area contributed by atoms with Gasteiger partial charge in [0.2, 0.25) is 0 Å². The molecule has 0 saturated carbocycles. The zero-order valence-corrected chi connectivity index (χ0v) is 8.77. The minimum Gasteiger partial charge on any atom is -0.301 e. The number of anilines is 1. The van der Waals surface area contributed by atoms with E-state index in [4.69, 9.17) is 23.2 Å². The number of hydrogen-bond acceptors (Lipinski definition) is 1. The van der Waals surface area contributed by atoms with Gasteiger partial charge in [0.1, 0.15) is 0 Å². The number of nitrogens with zero attached hydrogens (tertiary/aromatic N) is 1. The number of carbonyl (C=O) groups is 1. The van der Waals surface area contributed by atoms with Gasteiger partial charge in [-0.2, -0.15) is 0 Å². The van der Waals surface area contributed by atoms with Crippen molar-refractivity contribution in [2.24, 2.45) is 0 Å². The summed E-state index contributed by atoms with van der Waals surface area (Å²) in [5.74, 6) is -0.111. The molecule has 14 heavy (non-hydrogen) atoms. The van der Waals surface area contributed by atoms with E-state index in [1.54, 1.807) is 18.2 Å². The van der Waals surface area contributed by atoms with Crippen molar-refractivity contribution in [1.29, 1.82) is 0 Å². The maximum absolute atomic E-state index is 11.4. The molecule has 2 rings (SSSR count). The lowest BCUT2D eigenvalue weighted by atomic mass is 10.1. The summed E-state index contributed by atoms with van der Waals surface area (Å²) in [6.45, 7) is 4.10. The van der Waals surface area contributed by atoms with Crippen LogP contribution in [0.3, 0.4) is 0 Å². The average molecular weight is 228 g/mol. The zero-order valence-electron chi connectivity index (χ0n) is 7.26. The lowest BCUT2D eigenvalue weighted by Gasteiger charge is -2.33. The number of halogens is 2. The van der Waals surface area contributed by atoms with Crippen LogP contribution in [0.25, 0.3) is 0 Å². The molecule has 4 heteroatoms. The van der Waals surface area contributed by atoms with E-state index in [0.29, 0.717) is 27.9 Å². The van der Waals surface area contributed by atoms with Crippen molar-refractivity contribution in [2.45, 2.75) is 0 Å². The second-order valence-electron chi connectivity index (χ2n) is 3.07. The number of hydrogen-bond donors (Lipinski definition) is 0. The molecule has 0 atom stereocenters. The summed E-state index contributed by atoms with van der Waals surface area (Å²) in [7, 11) is 0. The van der Waals surface area contributed by atoms with E-state index in [9.17, 15) is 4.79 Å². The molecule has 0 N–H and O–H groups in total. The molecule has 72 valence electrons. The number of rotatable bonds is 1. The first-order chi connectivity index (χ1) is 6.61. The summed E-state index contributed by atoms with van der Waals surface area (Å²) < 4.78 is 0. The third-order valence-electron chi connectivity index (χ3n) is 2.10. The van der Waals surface area contributed by atoms with E-state index < -0.39 is 0 Å². The molecule has 1 heterocycles. The molecular weight excluding hydrogens is 221 g/mol. The van der Waals surface area contributed by atoms with Gasteiger partial charge < -0.3 is 4.90 Å². The highest BCUT2D eigenvalue weighted by Gasteiger charge is 2.32. The second kappa shape index (κ2) is 3.30. The van der Waals surface area contributed by atoms with Gasteiger partial charge in [0.15, 0.2) is 0 Å². The Morgan fingerprint density at radius 2 is 1.86 bits per heavy atom. The maximum atomic E-state index is 11.4. The Kier molecular flexibility index (Phi) is 2.25. The number of β-lactam (4-membered cyclic amide) rings is 1. The van der Waals surface area contributed by atoms with Crippen LogP contribution in [0.5, 0.6) is 0 Å². The molecule has 1 amide bonds. The van der Waals surface area contributed by atoms with E-state index >= 15 is 0 Å². The van der Waals surface area contributed by atoms with Gasteiger partial charge in [0.25, 0.3) is 5.91 Å². The predicted octanol–water partition coefficient (Wildman–Crippen LogP) is 2.90. The molecule has 0 bridgehead atoms. The maximum Gasteiger partial charge on any atom is 0.255 e. The van der Waals surface area contributed by atoms with Crippen molar-refractivity contribution in [3.63, 3.8) is 0 Å². The average Bonchev–Trinajstić information content (AvgIpc) is 2.16. The fraction of sp³-hybridized carbons (Fsp3) is 0.100. The van der Waals surface area contributed by atoms with Crippen LogP contribution < -0.4 is 4.90 Å². The Hall–Kier alpha value is -0.990. The molecule has 1 aliphatic rings. The third-order valence-corrected chi connectivity index (χ3v) is 2.71. The smallest absolute Gasteiger partial charge is 0.255 e. The molecule has 0 aromatic heterocycles. The van der Waals surface area contributed by atoms with Crippen LogP contribution in [0.15, 0.2) is 30.4 Å².